The van der Waals surface area contributed by atoms with Gasteiger partial charge < -0.3 is 10.8 Å². The standard InChI is InChI=1S/C9H7F5N2O2/c10-7(11)6-3(2-5(17)18)1-4(9(12,13)14)16-8(6)15/h1,7H,2H2,(H2,15,16)(H,17,18). The molecule has 0 unspecified atom stereocenters. The van der Waals surface area contributed by atoms with Crippen LogP contribution in [0.4, 0.5) is 27.8 Å². The fourth-order valence-corrected chi connectivity index (χ4v) is 1.34. The molecule has 0 fully saturated rings. The number of nitrogen functional groups attached to an aromatic ring is 1. The van der Waals surface area contributed by atoms with Crippen molar-refractivity contribution in [2.75, 3.05) is 5.73 Å². The summed E-state index contributed by atoms with van der Waals surface area (Å²) in [5, 5.41) is 8.47. The third kappa shape index (κ3) is 3.05. The molecule has 0 aliphatic heterocycles. The summed E-state index contributed by atoms with van der Waals surface area (Å²) in [4.78, 5) is 13.2. The fourth-order valence-electron chi connectivity index (χ4n) is 1.34. The summed E-state index contributed by atoms with van der Waals surface area (Å²) >= 11 is 0. The van der Waals surface area contributed by atoms with Crippen molar-refractivity contribution in [2.24, 2.45) is 0 Å². The number of aliphatic carboxylic acids is 1. The van der Waals surface area contributed by atoms with Crippen LogP contribution in [0.2, 0.25) is 0 Å². The van der Waals surface area contributed by atoms with Gasteiger partial charge in [0.15, 0.2) is 0 Å². The monoisotopic (exact) mass is 270 g/mol. The molecule has 0 saturated heterocycles. The molecule has 1 aromatic rings. The van der Waals surface area contributed by atoms with Crippen molar-refractivity contribution in [3.8, 4) is 0 Å². The van der Waals surface area contributed by atoms with Crippen LogP contribution in [0.25, 0.3) is 0 Å². The van der Waals surface area contributed by atoms with E-state index < -0.39 is 47.6 Å². The molecule has 0 aliphatic carbocycles. The molecule has 1 aromatic heterocycles. The minimum absolute atomic E-state index is 0.270. The quantitative estimate of drug-likeness (QED) is 0.826. The highest BCUT2D eigenvalue weighted by molar-refractivity contribution is 5.71. The second-order valence-electron chi connectivity index (χ2n) is 3.33. The molecule has 0 radical (unpaired) electrons. The van der Waals surface area contributed by atoms with Gasteiger partial charge in [-0.3, -0.25) is 4.79 Å². The molecule has 3 N–H and O–H groups in total. The van der Waals surface area contributed by atoms with Crippen LogP contribution in [0.3, 0.4) is 0 Å². The van der Waals surface area contributed by atoms with Gasteiger partial charge in [0.25, 0.3) is 6.43 Å². The molecule has 0 saturated carbocycles. The molecule has 100 valence electrons. The van der Waals surface area contributed by atoms with E-state index in [0.717, 1.165) is 0 Å². The normalized spacial score (nSPS) is 11.9. The minimum atomic E-state index is -4.89. The molecular formula is C9H7F5N2O2. The topological polar surface area (TPSA) is 76.2 Å². The number of halogens is 5. The fraction of sp³-hybridized carbons (Fsp3) is 0.333. The lowest BCUT2D eigenvalue weighted by molar-refractivity contribution is -0.141. The Hall–Kier alpha value is -1.93. The zero-order valence-corrected chi connectivity index (χ0v) is 8.63. The van der Waals surface area contributed by atoms with Gasteiger partial charge in [0.1, 0.15) is 11.5 Å². The Morgan fingerprint density at radius 1 is 1.44 bits per heavy atom. The number of nitrogens with two attached hydrogens (primary N) is 1. The summed E-state index contributed by atoms with van der Waals surface area (Å²) in [6.45, 7) is 0. The predicted octanol–water partition coefficient (Wildman–Crippen LogP) is 2.25. The van der Waals surface area contributed by atoms with Crippen molar-refractivity contribution in [1.29, 1.82) is 0 Å². The van der Waals surface area contributed by atoms with Gasteiger partial charge in [0.05, 0.1) is 12.0 Å². The van der Waals surface area contributed by atoms with Gasteiger partial charge in [-0.25, -0.2) is 13.8 Å². The van der Waals surface area contributed by atoms with Crippen LogP contribution in [0, 0.1) is 0 Å². The van der Waals surface area contributed by atoms with Gasteiger partial charge in [-0.05, 0) is 11.6 Å². The van der Waals surface area contributed by atoms with E-state index in [4.69, 9.17) is 10.8 Å². The molecule has 0 aromatic carbocycles. The summed E-state index contributed by atoms with van der Waals surface area (Å²) in [5.74, 6) is -2.56. The molecule has 1 rings (SSSR count). The van der Waals surface area contributed by atoms with Crippen LogP contribution < -0.4 is 5.73 Å². The third-order valence-corrected chi connectivity index (χ3v) is 2.02. The lowest BCUT2D eigenvalue weighted by Gasteiger charge is -2.13. The molecular weight excluding hydrogens is 263 g/mol. The zero-order valence-electron chi connectivity index (χ0n) is 8.63. The first-order valence-corrected chi connectivity index (χ1v) is 4.49. The Balaban J connectivity index is 3.42. The van der Waals surface area contributed by atoms with Crippen molar-refractivity contribution in [3.05, 3.63) is 22.9 Å². The molecule has 0 aliphatic rings. The first kappa shape index (κ1) is 14.1. The average Bonchev–Trinajstić information content (AvgIpc) is 2.13. The highest BCUT2D eigenvalue weighted by Gasteiger charge is 2.35. The minimum Gasteiger partial charge on any atom is -0.481 e. The Labute approximate surface area is 97.2 Å². The number of hydrogen-bond donors (Lipinski definition) is 2. The van der Waals surface area contributed by atoms with Crippen LogP contribution in [0.5, 0.6) is 0 Å². The molecule has 0 amide bonds. The number of carbonyl (C=O) groups is 1. The zero-order chi connectivity index (χ0) is 14.1. The summed E-state index contributed by atoms with van der Waals surface area (Å²) in [6, 6.07) is 0.270. The number of anilines is 1. The third-order valence-electron chi connectivity index (χ3n) is 2.02. The van der Waals surface area contributed by atoms with Crippen LogP contribution in [-0.2, 0) is 17.4 Å². The van der Waals surface area contributed by atoms with E-state index in [1.54, 1.807) is 0 Å². The maximum Gasteiger partial charge on any atom is 0.433 e. The summed E-state index contributed by atoms with van der Waals surface area (Å²) in [6.07, 6.45) is -9.08. The molecule has 0 bridgehead atoms. The van der Waals surface area contributed by atoms with E-state index in [1.165, 1.54) is 0 Å². The van der Waals surface area contributed by atoms with E-state index >= 15 is 0 Å². The Bertz CT molecular complexity index is 473. The second kappa shape index (κ2) is 4.75. The number of rotatable bonds is 3. The largest absolute Gasteiger partial charge is 0.481 e. The number of aromatic nitrogens is 1. The molecule has 4 nitrogen and oxygen atoms in total. The van der Waals surface area contributed by atoms with Crippen LogP contribution in [0.1, 0.15) is 23.2 Å². The van der Waals surface area contributed by atoms with Crippen molar-refractivity contribution in [3.63, 3.8) is 0 Å². The van der Waals surface area contributed by atoms with Gasteiger partial charge in [0.2, 0.25) is 0 Å². The maximum absolute atomic E-state index is 12.6. The van der Waals surface area contributed by atoms with Gasteiger partial charge in [-0.2, -0.15) is 13.2 Å². The SMILES string of the molecule is Nc1nc(C(F)(F)F)cc(CC(=O)O)c1C(F)F. The first-order chi connectivity index (χ1) is 8.12. The van der Waals surface area contributed by atoms with Crippen LogP contribution >= 0.6 is 0 Å². The maximum atomic E-state index is 12.6. The van der Waals surface area contributed by atoms with Crippen molar-refractivity contribution in [2.45, 2.75) is 19.0 Å². The van der Waals surface area contributed by atoms with Gasteiger partial charge in [-0.1, -0.05) is 0 Å². The van der Waals surface area contributed by atoms with Crippen molar-refractivity contribution >= 4 is 11.8 Å². The van der Waals surface area contributed by atoms with Gasteiger partial charge in [0, 0.05) is 0 Å². The summed E-state index contributed by atoms with van der Waals surface area (Å²) in [7, 11) is 0. The Morgan fingerprint density at radius 3 is 2.39 bits per heavy atom. The predicted molar refractivity (Wildman–Crippen MR) is 49.9 cm³/mol. The smallest absolute Gasteiger partial charge is 0.433 e. The lowest BCUT2D eigenvalue weighted by Crippen LogP contribution is -2.15. The van der Waals surface area contributed by atoms with Gasteiger partial charge in [-0.15, -0.1) is 0 Å². The van der Waals surface area contributed by atoms with E-state index in [-0.39, 0.29) is 6.07 Å². The van der Waals surface area contributed by atoms with E-state index in [9.17, 15) is 26.7 Å². The summed E-state index contributed by atoms with van der Waals surface area (Å²) < 4.78 is 62.2. The number of carboxylic acid groups (broad SMARTS) is 1. The highest BCUT2D eigenvalue weighted by Crippen LogP contribution is 2.34. The van der Waals surface area contributed by atoms with Gasteiger partial charge >= 0.3 is 12.1 Å². The van der Waals surface area contributed by atoms with Crippen LogP contribution in [-0.4, -0.2) is 16.1 Å². The number of nitrogens with zero attached hydrogens (tertiary/aromatic N) is 1. The van der Waals surface area contributed by atoms with Crippen LogP contribution in [0.15, 0.2) is 6.07 Å². The number of hydrogen-bond acceptors (Lipinski definition) is 3. The molecule has 0 atom stereocenters. The molecule has 9 heteroatoms. The Kier molecular flexibility index (Phi) is 3.73. The number of carboxylic acids is 1. The molecule has 18 heavy (non-hydrogen) atoms. The van der Waals surface area contributed by atoms with Crippen molar-refractivity contribution in [1.82, 2.24) is 4.98 Å². The van der Waals surface area contributed by atoms with E-state index in [0.29, 0.717) is 0 Å². The average molecular weight is 270 g/mol. The highest BCUT2D eigenvalue weighted by atomic mass is 19.4. The summed E-state index contributed by atoms with van der Waals surface area (Å²) in [5.41, 5.74) is 1.83. The van der Waals surface area contributed by atoms with E-state index in [2.05, 4.69) is 4.98 Å². The lowest BCUT2D eigenvalue weighted by atomic mass is 10.0. The Morgan fingerprint density at radius 2 is 2.00 bits per heavy atom. The van der Waals surface area contributed by atoms with E-state index in [1.807, 2.05) is 0 Å². The number of alkyl halides is 5. The molecule has 1 heterocycles. The van der Waals surface area contributed by atoms with Crippen molar-refractivity contribution < 1.29 is 31.9 Å². The first-order valence-electron chi connectivity index (χ1n) is 4.49. The number of pyridine rings is 1. The molecule has 0 spiro atoms. The second-order valence-corrected chi connectivity index (χ2v) is 3.33.